The summed E-state index contributed by atoms with van der Waals surface area (Å²) >= 11 is 0. The van der Waals surface area contributed by atoms with Gasteiger partial charge in [-0.3, -0.25) is 0 Å². The van der Waals surface area contributed by atoms with Crippen molar-refractivity contribution in [1.29, 1.82) is 0 Å². The van der Waals surface area contributed by atoms with Crippen LogP contribution in [0.15, 0.2) is 0 Å². The molecule has 5 heteroatoms. The molecule has 0 saturated heterocycles. The van der Waals surface area contributed by atoms with Crippen molar-refractivity contribution in [1.82, 2.24) is 0 Å². The third-order valence-corrected chi connectivity index (χ3v) is 7.69. The summed E-state index contributed by atoms with van der Waals surface area (Å²) in [5.41, 5.74) is -0.213. The van der Waals surface area contributed by atoms with Crippen LogP contribution in [0.2, 0.25) is 0 Å². The highest BCUT2D eigenvalue weighted by atomic mass is 32.2. The van der Waals surface area contributed by atoms with Crippen molar-refractivity contribution in [3.05, 3.63) is 0 Å². The lowest BCUT2D eigenvalue weighted by atomic mass is 10.6. The summed E-state index contributed by atoms with van der Waals surface area (Å²) in [6.07, 6.45) is 1.12. The summed E-state index contributed by atoms with van der Waals surface area (Å²) in [5, 5.41) is 0. The van der Waals surface area contributed by atoms with Gasteiger partial charge >= 0.3 is 0 Å². The Morgan fingerprint density at radius 2 is 1.73 bits per heavy atom. The third-order valence-electron chi connectivity index (χ3n) is 1.58. The van der Waals surface area contributed by atoms with E-state index in [-0.39, 0.29) is 11.2 Å². The van der Waals surface area contributed by atoms with Crippen LogP contribution in [0.5, 0.6) is 0 Å². The van der Waals surface area contributed by atoms with E-state index in [0.29, 0.717) is 0 Å². The lowest BCUT2D eigenvalue weighted by Crippen LogP contribution is -2.09. The molecule has 1 atom stereocenters. The zero-order valence-electron chi connectivity index (χ0n) is 7.36. The Hall–Kier alpha value is 0.180. The van der Waals surface area contributed by atoms with Crippen LogP contribution in [0.1, 0.15) is 13.8 Å². The van der Waals surface area contributed by atoms with Gasteiger partial charge in [0.1, 0.15) is 12.6 Å². The molecule has 0 aromatic carbocycles. The average Bonchev–Trinajstić information content (AvgIpc) is 1.56. The Bertz CT molecular complexity index is 266. The molecule has 11 heavy (non-hydrogen) atoms. The lowest BCUT2D eigenvalue weighted by molar-refractivity contribution is 0.572. The Labute approximate surface area is 68.5 Å². The average molecular weight is 198 g/mol. The smallest absolute Gasteiger partial charge is 0.154 e. The van der Waals surface area contributed by atoms with Gasteiger partial charge in [0.05, 0.1) is 0 Å². The first kappa shape index (κ1) is 11.2. The molecular formula is C6H15O3PS. The topological polar surface area (TPSA) is 51.2 Å². The van der Waals surface area contributed by atoms with Crippen molar-refractivity contribution in [2.75, 3.05) is 18.4 Å². The van der Waals surface area contributed by atoms with Gasteiger partial charge < -0.3 is 4.57 Å². The normalized spacial score (nSPS) is 18.3. The zero-order chi connectivity index (χ0) is 9.28. The molecule has 0 aromatic heterocycles. The molecule has 0 aliphatic rings. The second-order valence-corrected chi connectivity index (χ2v) is 9.59. The second-order valence-electron chi connectivity index (χ2n) is 3.32. The summed E-state index contributed by atoms with van der Waals surface area (Å²) in [5.74, 6) is 0. The van der Waals surface area contributed by atoms with E-state index in [1.165, 1.54) is 0 Å². The minimum atomic E-state index is -3.09. The van der Waals surface area contributed by atoms with Crippen LogP contribution >= 0.6 is 7.14 Å². The summed E-state index contributed by atoms with van der Waals surface area (Å²) in [4.78, 5) is 0. The van der Waals surface area contributed by atoms with Crippen LogP contribution in [-0.2, 0) is 14.4 Å². The number of rotatable bonds is 3. The molecule has 0 aliphatic heterocycles. The van der Waals surface area contributed by atoms with Gasteiger partial charge in [0.2, 0.25) is 0 Å². The van der Waals surface area contributed by atoms with Crippen molar-refractivity contribution in [3.8, 4) is 0 Å². The zero-order valence-corrected chi connectivity index (χ0v) is 9.08. The molecule has 0 aromatic rings. The molecule has 0 rings (SSSR count). The van der Waals surface area contributed by atoms with Gasteiger partial charge in [-0.05, 0) is 6.66 Å². The first-order valence-corrected chi connectivity index (χ1v) is 7.86. The molecule has 0 aliphatic carbocycles. The molecular weight excluding hydrogens is 183 g/mol. The van der Waals surface area contributed by atoms with Crippen molar-refractivity contribution >= 4 is 17.0 Å². The largest absolute Gasteiger partial charge is 0.323 e. The van der Waals surface area contributed by atoms with Crippen LogP contribution in [0.4, 0.5) is 0 Å². The van der Waals surface area contributed by atoms with E-state index in [1.54, 1.807) is 20.5 Å². The van der Waals surface area contributed by atoms with Gasteiger partial charge in [0.25, 0.3) is 0 Å². The van der Waals surface area contributed by atoms with E-state index in [2.05, 4.69) is 0 Å². The van der Waals surface area contributed by atoms with E-state index in [0.717, 1.165) is 6.26 Å². The molecule has 0 amide bonds. The van der Waals surface area contributed by atoms with Crippen LogP contribution < -0.4 is 0 Å². The van der Waals surface area contributed by atoms with Gasteiger partial charge in [0.15, 0.2) is 9.84 Å². The molecule has 0 bridgehead atoms. The van der Waals surface area contributed by atoms with E-state index in [4.69, 9.17) is 0 Å². The Balaban J connectivity index is 4.52. The second kappa shape index (κ2) is 3.28. The van der Waals surface area contributed by atoms with Crippen LogP contribution in [0, 0.1) is 0 Å². The van der Waals surface area contributed by atoms with E-state index in [1.807, 2.05) is 0 Å². The molecule has 0 radical (unpaired) electrons. The monoisotopic (exact) mass is 198 g/mol. The molecule has 0 N–H and O–H groups in total. The first-order chi connectivity index (χ1) is 4.65. The van der Waals surface area contributed by atoms with Crippen molar-refractivity contribution in [2.24, 2.45) is 0 Å². The van der Waals surface area contributed by atoms with Crippen molar-refractivity contribution in [2.45, 2.75) is 19.5 Å². The van der Waals surface area contributed by atoms with E-state index in [9.17, 15) is 13.0 Å². The Morgan fingerprint density at radius 3 is 1.82 bits per heavy atom. The highest BCUT2D eigenvalue weighted by Crippen LogP contribution is 2.47. The minimum Gasteiger partial charge on any atom is -0.323 e. The van der Waals surface area contributed by atoms with Crippen molar-refractivity contribution in [3.63, 3.8) is 0 Å². The highest BCUT2D eigenvalue weighted by molar-refractivity contribution is 7.98. The Kier molecular flexibility index (Phi) is 3.33. The Morgan fingerprint density at radius 1 is 1.36 bits per heavy atom. The number of hydrogen-bond donors (Lipinski definition) is 0. The first-order valence-electron chi connectivity index (χ1n) is 3.39. The molecule has 1 unspecified atom stereocenters. The van der Waals surface area contributed by atoms with Crippen molar-refractivity contribution < 1.29 is 13.0 Å². The SMILES string of the molecule is CC(C)P(C)(=O)CS(C)(=O)=O. The number of hydrogen-bond acceptors (Lipinski definition) is 3. The quantitative estimate of drug-likeness (QED) is 0.644. The van der Waals surface area contributed by atoms with E-state index >= 15 is 0 Å². The maximum absolute atomic E-state index is 11.6. The summed E-state index contributed by atoms with van der Waals surface area (Å²) in [7, 11) is -5.56. The van der Waals surface area contributed by atoms with Gasteiger partial charge in [-0.1, -0.05) is 13.8 Å². The molecule has 0 fully saturated rings. The number of sulfone groups is 1. The highest BCUT2D eigenvalue weighted by Gasteiger charge is 2.24. The van der Waals surface area contributed by atoms with Gasteiger partial charge in [-0.25, -0.2) is 8.42 Å². The van der Waals surface area contributed by atoms with E-state index < -0.39 is 17.0 Å². The molecule has 68 valence electrons. The fraction of sp³-hybridized carbons (Fsp3) is 1.00. The van der Waals surface area contributed by atoms with Gasteiger partial charge in [-0.2, -0.15) is 0 Å². The lowest BCUT2D eigenvalue weighted by Gasteiger charge is -2.14. The van der Waals surface area contributed by atoms with Gasteiger partial charge in [0, 0.05) is 11.9 Å². The third kappa shape index (κ3) is 4.59. The maximum Gasteiger partial charge on any atom is 0.154 e. The van der Waals surface area contributed by atoms with Crippen LogP contribution in [-0.4, -0.2) is 32.5 Å². The minimum absolute atomic E-state index is 0.0442. The maximum atomic E-state index is 11.6. The fourth-order valence-corrected chi connectivity index (χ4v) is 5.53. The summed E-state index contributed by atoms with van der Waals surface area (Å²) in [6.45, 7) is 5.11. The predicted octanol–water partition coefficient (Wildman–Crippen LogP) is 1.39. The standard InChI is InChI=1S/C6H15O3PS/c1-6(2)10(3,7)5-11(4,8)9/h6H,5H2,1-4H3. The summed E-state index contributed by atoms with van der Waals surface area (Å²) < 4.78 is 33.1. The predicted molar refractivity (Wildman–Crippen MR) is 48.4 cm³/mol. The van der Waals surface area contributed by atoms with Gasteiger partial charge in [-0.15, -0.1) is 0 Å². The fourth-order valence-electron chi connectivity index (χ4n) is 0.615. The van der Waals surface area contributed by atoms with Crippen LogP contribution in [0.3, 0.4) is 0 Å². The molecule has 0 spiro atoms. The molecule has 3 nitrogen and oxygen atoms in total. The summed E-state index contributed by atoms with van der Waals surface area (Å²) in [6, 6.07) is 0. The molecule has 0 heterocycles. The van der Waals surface area contributed by atoms with Crippen LogP contribution in [0.25, 0.3) is 0 Å². The molecule has 0 saturated carbocycles.